The van der Waals surface area contributed by atoms with Crippen LogP contribution in [-0.2, 0) is 22.4 Å². The maximum atomic E-state index is 11.7. The van der Waals surface area contributed by atoms with Crippen LogP contribution in [0.15, 0.2) is 73.3 Å². The number of fused-ring (bicyclic) bond motifs is 2. The highest BCUT2D eigenvalue weighted by Gasteiger charge is 2.25. The van der Waals surface area contributed by atoms with Gasteiger partial charge in [0.25, 0.3) is 0 Å². The lowest BCUT2D eigenvalue weighted by Crippen LogP contribution is -2.30. The predicted molar refractivity (Wildman–Crippen MR) is 178 cm³/mol. The van der Waals surface area contributed by atoms with Crippen molar-refractivity contribution in [3.05, 3.63) is 106 Å². The molecule has 2 aromatic carbocycles. The van der Waals surface area contributed by atoms with Gasteiger partial charge in [-0.3, -0.25) is 19.6 Å². The van der Waals surface area contributed by atoms with Gasteiger partial charge < -0.3 is 10.6 Å². The summed E-state index contributed by atoms with van der Waals surface area (Å²) in [6.45, 7) is 3.75. The fourth-order valence-electron chi connectivity index (χ4n) is 6.09. The van der Waals surface area contributed by atoms with E-state index in [1.807, 2.05) is 87.2 Å². The minimum atomic E-state index is 0.0796. The quantitative estimate of drug-likeness (QED) is 0.224. The Labute approximate surface area is 269 Å². The summed E-state index contributed by atoms with van der Waals surface area (Å²) in [6, 6.07) is 15.8. The van der Waals surface area contributed by atoms with Gasteiger partial charge in [0.05, 0.1) is 12.1 Å². The fourth-order valence-corrected chi connectivity index (χ4v) is 6.34. The Hall–Kier alpha value is -3.74. The number of carbonyl (C=O) groups is 2. The summed E-state index contributed by atoms with van der Waals surface area (Å²) in [5.74, 6) is 0.185. The first-order chi connectivity index (χ1) is 21.4. The molecule has 0 spiro atoms. The lowest BCUT2D eigenvalue weighted by atomic mass is 9.84. The van der Waals surface area contributed by atoms with Crippen molar-refractivity contribution < 1.29 is 9.59 Å². The van der Waals surface area contributed by atoms with E-state index in [1.54, 1.807) is 0 Å². The molecule has 0 radical (unpaired) electrons. The van der Waals surface area contributed by atoms with E-state index in [2.05, 4.69) is 20.6 Å². The number of amides is 2. The number of benzene rings is 2. The molecule has 4 aromatic rings. The van der Waals surface area contributed by atoms with Crippen molar-refractivity contribution in [1.29, 1.82) is 0 Å². The first kappa shape index (κ1) is 31.7. The molecule has 0 fully saturated rings. The summed E-state index contributed by atoms with van der Waals surface area (Å²) in [7, 11) is 0. The van der Waals surface area contributed by atoms with Gasteiger partial charge in [0.1, 0.15) is 0 Å². The van der Waals surface area contributed by atoms with Gasteiger partial charge in [0.2, 0.25) is 11.8 Å². The normalized spacial score (nSPS) is 16.9. The van der Waals surface area contributed by atoms with Crippen molar-refractivity contribution in [2.24, 2.45) is 0 Å². The maximum Gasteiger partial charge on any atom is 0.220 e. The second-order valence-electron chi connectivity index (χ2n) is 11.3. The van der Waals surface area contributed by atoms with Crippen LogP contribution in [0.5, 0.6) is 0 Å². The molecule has 2 aliphatic carbocycles. The molecular weight excluding hydrogens is 591 g/mol. The molecule has 0 aliphatic heterocycles. The van der Waals surface area contributed by atoms with Crippen LogP contribution in [-0.4, -0.2) is 21.8 Å². The van der Waals surface area contributed by atoms with Crippen molar-refractivity contribution in [1.82, 2.24) is 20.6 Å². The molecule has 2 amide bonds. The van der Waals surface area contributed by atoms with Crippen LogP contribution >= 0.6 is 23.2 Å². The van der Waals surface area contributed by atoms with E-state index in [9.17, 15) is 9.59 Å². The van der Waals surface area contributed by atoms with Crippen molar-refractivity contribution in [3.8, 4) is 22.3 Å². The lowest BCUT2D eigenvalue weighted by Gasteiger charge is -2.27. The number of hydrogen-bond acceptors (Lipinski definition) is 4. The van der Waals surface area contributed by atoms with Crippen LogP contribution in [0, 0.1) is 0 Å². The molecule has 0 saturated heterocycles. The number of nitrogens with zero attached hydrogens (tertiary/aromatic N) is 2. The standard InChI is InChI=1S/2C18H19ClN2O/c2*1-2-18(22)21-17-5-3-4-14-15(10-20-11-16(14)17)12-6-8-13(19)9-7-12/h2*6-11,17H,2-5H2,1H3,(H,21,22). The van der Waals surface area contributed by atoms with Crippen molar-refractivity contribution >= 4 is 35.0 Å². The largest absolute Gasteiger partial charge is 0.349 e. The predicted octanol–water partition coefficient (Wildman–Crippen LogP) is 8.61. The van der Waals surface area contributed by atoms with E-state index in [0.717, 1.165) is 82.0 Å². The number of aromatic nitrogens is 2. The van der Waals surface area contributed by atoms with Crippen LogP contribution in [0.3, 0.4) is 0 Å². The monoisotopic (exact) mass is 628 g/mol. The third-order valence-corrected chi connectivity index (χ3v) is 8.90. The van der Waals surface area contributed by atoms with E-state index in [1.165, 1.54) is 11.1 Å². The zero-order valence-corrected chi connectivity index (χ0v) is 26.7. The Kier molecular flexibility index (Phi) is 10.7. The van der Waals surface area contributed by atoms with Crippen LogP contribution < -0.4 is 10.6 Å². The molecule has 8 heteroatoms. The van der Waals surface area contributed by atoms with Crippen LogP contribution in [0.25, 0.3) is 22.3 Å². The number of hydrogen-bond donors (Lipinski definition) is 2. The van der Waals surface area contributed by atoms with Crippen LogP contribution in [0.1, 0.15) is 86.7 Å². The Morgan fingerprint density at radius 3 is 1.41 bits per heavy atom. The number of pyridine rings is 2. The zero-order chi connectivity index (χ0) is 31.1. The minimum Gasteiger partial charge on any atom is -0.349 e. The Bertz CT molecular complexity index is 1480. The Morgan fingerprint density at radius 2 is 1.05 bits per heavy atom. The SMILES string of the molecule is CCC(=O)NC1CCCc2c(-c3ccc(Cl)cc3)cncc21.CCC(=O)NC1CCCc2c(-c3ccc(Cl)cc3)cncc21. The van der Waals surface area contributed by atoms with Gasteiger partial charge in [-0.2, -0.15) is 0 Å². The molecule has 2 aromatic heterocycles. The highest BCUT2D eigenvalue weighted by atomic mass is 35.5. The zero-order valence-electron chi connectivity index (χ0n) is 25.2. The number of halogens is 2. The molecule has 0 saturated carbocycles. The van der Waals surface area contributed by atoms with Crippen molar-refractivity contribution in [2.75, 3.05) is 0 Å². The number of rotatable bonds is 6. The average Bonchev–Trinajstić information content (AvgIpc) is 3.05. The van der Waals surface area contributed by atoms with Crippen LogP contribution in [0.4, 0.5) is 0 Å². The summed E-state index contributed by atoms with van der Waals surface area (Å²) in [5.41, 5.74) is 9.43. The highest BCUT2D eigenvalue weighted by molar-refractivity contribution is 6.30. The summed E-state index contributed by atoms with van der Waals surface area (Å²) in [6.07, 6.45) is 14.8. The van der Waals surface area contributed by atoms with E-state index in [-0.39, 0.29) is 23.9 Å². The Balaban J connectivity index is 0.000000175. The van der Waals surface area contributed by atoms with Gasteiger partial charge in [0, 0.05) is 58.8 Å². The molecule has 2 unspecified atom stereocenters. The second kappa shape index (κ2) is 14.8. The molecule has 2 aliphatic rings. The smallest absolute Gasteiger partial charge is 0.220 e. The van der Waals surface area contributed by atoms with Crippen molar-refractivity contribution in [2.45, 2.75) is 77.3 Å². The van der Waals surface area contributed by atoms with E-state index >= 15 is 0 Å². The topological polar surface area (TPSA) is 84.0 Å². The van der Waals surface area contributed by atoms with Gasteiger partial charge in [-0.15, -0.1) is 0 Å². The van der Waals surface area contributed by atoms with Gasteiger partial charge in [-0.25, -0.2) is 0 Å². The average molecular weight is 630 g/mol. The molecular formula is C36H38Cl2N4O2. The summed E-state index contributed by atoms with van der Waals surface area (Å²) < 4.78 is 0. The molecule has 6 rings (SSSR count). The second-order valence-corrected chi connectivity index (χ2v) is 12.1. The lowest BCUT2D eigenvalue weighted by molar-refractivity contribution is -0.122. The van der Waals surface area contributed by atoms with Gasteiger partial charge in [-0.05, 0) is 96.2 Å². The van der Waals surface area contributed by atoms with Gasteiger partial charge in [0.15, 0.2) is 0 Å². The summed E-state index contributed by atoms with van der Waals surface area (Å²) in [4.78, 5) is 32.3. The van der Waals surface area contributed by atoms with Crippen LogP contribution in [0.2, 0.25) is 10.0 Å². The molecule has 0 bridgehead atoms. The molecule has 2 atom stereocenters. The molecule has 44 heavy (non-hydrogen) atoms. The highest BCUT2D eigenvalue weighted by Crippen LogP contribution is 2.37. The number of nitrogens with one attached hydrogen (secondary N) is 2. The van der Waals surface area contributed by atoms with E-state index < -0.39 is 0 Å². The van der Waals surface area contributed by atoms with Gasteiger partial charge >= 0.3 is 0 Å². The first-order valence-corrected chi connectivity index (χ1v) is 16.2. The third-order valence-electron chi connectivity index (χ3n) is 8.39. The molecule has 2 N–H and O–H groups in total. The number of carbonyl (C=O) groups excluding carboxylic acids is 2. The summed E-state index contributed by atoms with van der Waals surface area (Å²) >= 11 is 12.0. The Morgan fingerprint density at radius 1 is 0.659 bits per heavy atom. The molecule has 6 nitrogen and oxygen atoms in total. The van der Waals surface area contributed by atoms with Crippen molar-refractivity contribution in [3.63, 3.8) is 0 Å². The summed E-state index contributed by atoms with van der Waals surface area (Å²) in [5, 5.41) is 7.69. The van der Waals surface area contributed by atoms with E-state index in [4.69, 9.17) is 23.2 Å². The van der Waals surface area contributed by atoms with E-state index in [0.29, 0.717) is 12.8 Å². The first-order valence-electron chi connectivity index (χ1n) is 15.4. The maximum absolute atomic E-state index is 11.7. The fraction of sp³-hybridized carbons (Fsp3) is 0.333. The molecule has 2 heterocycles. The minimum absolute atomic E-state index is 0.0796. The third kappa shape index (κ3) is 7.48. The molecule has 228 valence electrons. The van der Waals surface area contributed by atoms with Gasteiger partial charge in [-0.1, -0.05) is 61.3 Å².